The Bertz CT molecular complexity index is 511. The van der Waals surface area contributed by atoms with Crippen LogP contribution < -0.4 is 0 Å². The van der Waals surface area contributed by atoms with Crippen LogP contribution in [0.4, 0.5) is 22.0 Å². The van der Waals surface area contributed by atoms with E-state index in [0.29, 0.717) is 6.07 Å². The molecule has 0 atom stereocenters. The molecule has 20 heavy (non-hydrogen) atoms. The van der Waals surface area contributed by atoms with Gasteiger partial charge in [0.1, 0.15) is 11.4 Å². The van der Waals surface area contributed by atoms with Crippen molar-refractivity contribution < 1.29 is 31.9 Å². The second kappa shape index (κ2) is 5.72. The van der Waals surface area contributed by atoms with Crippen LogP contribution >= 0.6 is 0 Å². The SMILES string of the molecule is CC(C)Cc1cc(C(F)(F)F)nc(C(F)F)c1C(=O)O. The molecule has 0 aliphatic carbocycles. The van der Waals surface area contributed by atoms with Gasteiger partial charge in [-0.2, -0.15) is 13.2 Å². The van der Waals surface area contributed by atoms with Crippen molar-refractivity contribution in [3.63, 3.8) is 0 Å². The van der Waals surface area contributed by atoms with Crippen molar-refractivity contribution in [1.82, 2.24) is 4.98 Å². The van der Waals surface area contributed by atoms with Crippen LogP contribution in [0.3, 0.4) is 0 Å². The van der Waals surface area contributed by atoms with Crippen molar-refractivity contribution in [3.8, 4) is 0 Å². The van der Waals surface area contributed by atoms with Crippen molar-refractivity contribution in [2.45, 2.75) is 32.9 Å². The first kappa shape index (κ1) is 16.3. The summed E-state index contributed by atoms with van der Waals surface area (Å²) in [6.45, 7) is 3.28. The molecular formula is C12H12F5NO2. The zero-order valence-corrected chi connectivity index (χ0v) is 10.6. The minimum Gasteiger partial charge on any atom is -0.478 e. The molecule has 0 bridgehead atoms. The van der Waals surface area contributed by atoms with E-state index in [2.05, 4.69) is 4.98 Å². The molecule has 1 heterocycles. The highest BCUT2D eigenvalue weighted by Gasteiger charge is 2.36. The Balaban J connectivity index is 3.59. The lowest BCUT2D eigenvalue weighted by atomic mass is 9.96. The van der Waals surface area contributed by atoms with Gasteiger partial charge in [-0.1, -0.05) is 13.8 Å². The van der Waals surface area contributed by atoms with Gasteiger partial charge in [0.05, 0.1) is 5.56 Å². The molecule has 0 aliphatic rings. The Morgan fingerprint density at radius 1 is 1.35 bits per heavy atom. The Morgan fingerprint density at radius 3 is 2.25 bits per heavy atom. The standard InChI is InChI=1S/C12H12F5NO2/c1-5(2)3-6-4-7(12(15,16)17)18-9(10(13)14)8(6)11(19)20/h4-5,10H,3H2,1-2H3,(H,19,20). The number of aromatic carboxylic acids is 1. The Morgan fingerprint density at radius 2 is 1.90 bits per heavy atom. The first-order chi connectivity index (χ1) is 9.04. The molecule has 1 N–H and O–H groups in total. The average Bonchev–Trinajstić information content (AvgIpc) is 2.25. The summed E-state index contributed by atoms with van der Waals surface area (Å²) in [5.74, 6) is -1.90. The highest BCUT2D eigenvalue weighted by atomic mass is 19.4. The lowest BCUT2D eigenvalue weighted by Gasteiger charge is -2.16. The van der Waals surface area contributed by atoms with Crippen molar-refractivity contribution in [3.05, 3.63) is 28.6 Å². The second-order valence-electron chi connectivity index (χ2n) is 4.63. The lowest BCUT2D eigenvalue weighted by Crippen LogP contribution is -2.17. The molecule has 0 radical (unpaired) electrons. The van der Waals surface area contributed by atoms with Gasteiger partial charge in [-0.05, 0) is 24.0 Å². The highest BCUT2D eigenvalue weighted by Crippen LogP contribution is 2.33. The van der Waals surface area contributed by atoms with Crippen LogP contribution in [0.2, 0.25) is 0 Å². The summed E-state index contributed by atoms with van der Waals surface area (Å²) in [5, 5.41) is 8.95. The fourth-order valence-corrected chi connectivity index (χ4v) is 1.77. The maximum atomic E-state index is 12.8. The molecule has 0 fully saturated rings. The number of hydrogen-bond donors (Lipinski definition) is 1. The summed E-state index contributed by atoms with van der Waals surface area (Å²) >= 11 is 0. The number of carbonyl (C=O) groups is 1. The Labute approximate surface area is 111 Å². The molecule has 0 aromatic carbocycles. The maximum absolute atomic E-state index is 12.8. The van der Waals surface area contributed by atoms with Gasteiger partial charge in [0.25, 0.3) is 6.43 Å². The number of halogens is 5. The summed E-state index contributed by atoms with van der Waals surface area (Å²) in [5.41, 5.74) is -3.98. The van der Waals surface area contributed by atoms with E-state index in [0.717, 1.165) is 0 Å². The van der Waals surface area contributed by atoms with E-state index in [1.807, 2.05) is 0 Å². The van der Waals surface area contributed by atoms with Crippen LogP contribution in [-0.4, -0.2) is 16.1 Å². The molecule has 1 aromatic rings. The topological polar surface area (TPSA) is 50.2 Å². The molecule has 0 unspecified atom stereocenters. The third kappa shape index (κ3) is 3.64. The van der Waals surface area contributed by atoms with Crippen LogP contribution in [0, 0.1) is 5.92 Å². The van der Waals surface area contributed by atoms with Gasteiger partial charge in [-0.3, -0.25) is 0 Å². The number of alkyl halides is 5. The quantitative estimate of drug-likeness (QED) is 0.856. The van der Waals surface area contributed by atoms with Crippen molar-refractivity contribution >= 4 is 5.97 Å². The van der Waals surface area contributed by atoms with E-state index in [-0.39, 0.29) is 17.9 Å². The second-order valence-corrected chi connectivity index (χ2v) is 4.63. The Kier molecular flexibility index (Phi) is 4.67. The molecular weight excluding hydrogens is 285 g/mol. The normalized spacial score (nSPS) is 12.2. The van der Waals surface area contributed by atoms with Gasteiger partial charge in [-0.25, -0.2) is 18.6 Å². The van der Waals surface area contributed by atoms with Gasteiger partial charge < -0.3 is 5.11 Å². The number of rotatable bonds is 4. The average molecular weight is 297 g/mol. The Hall–Kier alpha value is -1.73. The van der Waals surface area contributed by atoms with Gasteiger partial charge in [0.15, 0.2) is 0 Å². The monoisotopic (exact) mass is 297 g/mol. The first-order valence-corrected chi connectivity index (χ1v) is 5.66. The van der Waals surface area contributed by atoms with Crippen LogP contribution in [0.5, 0.6) is 0 Å². The third-order valence-electron chi connectivity index (χ3n) is 2.47. The number of carboxylic acids is 1. The van der Waals surface area contributed by atoms with Crippen molar-refractivity contribution in [1.29, 1.82) is 0 Å². The number of nitrogens with zero attached hydrogens (tertiary/aromatic N) is 1. The van der Waals surface area contributed by atoms with E-state index in [1.165, 1.54) is 0 Å². The van der Waals surface area contributed by atoms with Gasteiger partial charge in [-0.15, -0.1) is 0 Å². The number of hydrogen-bond acceptors (Lipinski definition) is 2. The summed E-state index contributed by atoms with van der Waals surface area (Å²) in [7, 11) is 0. The smallest absolute Gasteiger partial charge is 0.433 e. The van der Waals surface area contributed by atoms with Gasteiger partial charge in [0, 0.05) is 0 Å². The number of aromatic nitrogens is 1. The summed E-state index contributed by atoms with van der Waals surface area (Å²) in [6, 6.07) is 0.523. The van der Waals surface area contributed by atoms with Crippen molar-refractivity contribution in [2.75, 3.05) is 0 Å². The van der Waals surface area contributed by atoms with Gasteiger partial charge >= 0.3 is 12.1 Å². The van der Waals surface area contributed by atoms with E-state index in [4.69, 9.17) is 5.11 Å². The fraction of sp³-hybridized carbons (Fsp3) is 0.500. The molecule has 0 spiro atoms. The van der Waals surface area contributed by atoms with E-state index in [1.54, 1.807) is 13.8 Å². The van der Waals surface area contributed by atoms with Crippen molar-refractivity contribution in [2.24, 2.45) is 5.92 Å². The predicted molar refractivity (Wildman–Crippen MR) is 59.7 cm³/mol. The molecule has 0 saturated heterocycles. The third-order valence-corrected chi connectivity index (χ3v) is 2.47. The predicted octanol–water partition coefficient (Wildman–Crippen LogP) is 3.93. The summed E-state index contributed by atoms with van der Waals surface area (Å²) in [4.78, 5) is 13.8. The maximum Gasteiger partial charge on any atom is 0.433 e. The number of carboxylic acid groups (broad SMARTS) is 1. The molecule has 0 aliphatic heterocycles. The van der Waals surface area contributed by atoms with E-state index >= 15 is 0 Å². The molecule has 0 saturated carbocycles. The minimum absolute atomic E-state index is 0.0625. The summed E-state index contributed by atoms with van der Waals surface area (Å²) < 4.78 is 63.4. The number of pyridine rings is 1. The van der Waals surface area contributed by atoms with E-state index in [9.17, 15) is 26.7 Å². The lowest BCUT2D eigenvalue weighted by molar-refractivity contribution is -0.141. The first-order valence-electron chi connectivity index (χ1n) is 5.66. The largest absolute Gasteiger partial charge is 0.478 e. The van der Waals surface area contributed by atoms with Crippen LogP contribution in [0.25, 0.3) is 0 Å². The summed E-state index contributed by atoms with van der Waals surface area (Å²) in [6.07, 6.45) is -8.37. The molecule has 8 heteroatoms. The minimum atomic E-state index is -4.91. The zero-order chi connectivity index (χ0) is 15.7. The zero-order valence-electron chi connectivity index (χ0n) is 10.6. The van der Waals surface area contributed by atoms with Crippen LogP contribution in [0.1, 0.15) is 47.6 Å². The molecule has 1 aromatic heterocycles. The molecule has 112 valence electrons. The molecule has 1 rings (SSSR count). The van der Waals surface area contributed by atoms with Crippen LogP contribution in [-0.2, 0) is 12.6 Å². The molecule has 3 nitrogen and oxygen atoms in total. The highest BCUT2D eigenvalue weighted by molar-refractivity contribution is 5.90. The molecule has 0 amide bonds. The van der Waals surface area contributed by atoms with E-state index < -0.39 is 35.5 Å². The van der Waals surface area contributed by atoms with Crippen LogP contribution in [0.15, 0.2) is 6.07 Å². The van der Waals surface area contributed by atoms with Gasteiger partial charge in [0.2, 0.25) is 0 Å². The fourth-order valence-electron chi connectivity index (χ4n) is 1.77.